The third-order valence-electron chi connectivity index (χ3n) is 8.34. The van der Waals surface area contributed by atoms with Crippen LogP contribution in [0.15, 0.2) is 36.4 Å². The SMILES string of the molecule is Cc1cc(F)ccc1C1CC2(CCC(C(N)=O)N2)CCN1C(=O)N(C)[C@@H](C)c1cc(C(F)(F)F)cc(C(F)(F)F)c1. The van der Waals surface area contributed by atoms with Crippen molar-refractivity contribution in [3.8, 4) is 0 Å². The quantitative estimate of drug-likeness (QED) is 0.424. The van der Waals surface area contributed by atoms with Crippen LogP contribution in [0.5, 0.6) is 0 Å². The second-order valence-corrected chi connectivity index (χ2v) is 11.0. The fourth-order valence-electron chi connectivity index (χ4n) is 5.91. The van der Waals surface area contributed by atoms with Crippen LogP contribution in [0.3, 0.4) is 0 Å². The number of carbonyl (C=O) groups excluding carboxylic acids is 2. The van der Waals surface area contributed by atoms with Gasteiger partial charge in [-0.2, -0.15) is 26.3 Å². The molecule has 0 aliphatic carbocycles. The molecule has 2 fully saturated rings. The van der Waals surface area contributed by atoms with E-state index in [-0.39, 0.29) is 18.2 Å². The number of nitrogens with zero attached hydrogens (tertiary/aromatic N) is 2. The minimum absolute atomic E-state index is 0.0451. The highest BCUT2D eigenvalue weighted by Gasteiger charge is 2.48. The molecule has 4 atom stereocenters. The Balaban J connectivity index is 1.68. The normalized spacial score (nSPS) is 24.0. The molecule has 2 saturated heterocycles. The van der Waals surface area contributed by atoms with Crippen LogP contribution in [0.2, 0.25) is 0 Å². The summed E-state index contributed by atoms with van der Waals surface area (Å²) in [6.07, 6.45) is -8.16. The number of amides is 3. The van der Waals surface area contributed by atoms with Crippen molar-refractivity contribution in [1.29, 1.82) is 0 Å². The molecule has 0 aromatic heterocycles. The monoisotopic (exact) mass is 588 g/mol. The maximum absolute atomic E-state index is 13.9. The van der Waals surface area contributed by atoms with E-state index in [9.17, 15) is 40.3 Å². The van der Waals surface area contributed by atoms with Gasteiger partial charge in [-0.25, -0.2) is 9.18 Å². The molecule has 3 amide bonds. The number of hydrogen-bond acceptors (Lipinski definition) is 3. The molecule has 2 aromatic rings. The van der Waals surface area contributed by atoms with E-state index in [1.807, 2.05) is 0 Å². The van der Waals surface area contributed by atoms with E-state index in [2.05, 4.69) is 5.32 Å². The molecule has 2 aliphatic rings. The van der Waals surface area contributed by atoms with Crippen LogP contribution in [0.1, 0.15) is 72.5 Å². The maximum atomic E-state index is 13.9. The molecule has 3 unspecified atom stereocenters. The van der Waals surface area contributed by atoms with Gasteiger partial charge in [-0.3, -0.25) is 4.79 Å². The largest absolute Gasteiger partial charge is 0.416 e. The zero-order valence-electron chi connectivity index (χ0n) is 22.7. The van der Waals surface area contributed by atoms with Crippen LogP contribution >= 0.6 is 0 Å². The van der Waals surface area contributed by atoms with Crippen molar-refractivity contribution < 1.29 is 40.3 Å². The Hall–Kier alpha value is -3.35. The standard InChI is InChI=1S/C28H31F7N4O2/c1-15-10-20(29)4-5-21(15)23-14-26(7-6-22(37-26)24(36)40)8-9-39(23)25(41)38(3)16(2)17-11-18(27(30,31)32)13-19(12-17)28(33,34)35/h4-5,10-13,16,22-23,37H,6-9,14H2,1-3H3,(H2,36,40)/t16-,22?,23?,26?/m0/s1. The lowest BCUT2D eigenvalue weighted by molar-refractivity contribution is -0.143. The van der Waals surface area contributed by atoms with E-state index in [0.717, 1.165) is 4.90 Å². The van der Waals surface area contributed by atoms with Gasteiger partial charge in [-0.15, -0.1) is 0 Å². The Bertz CT molecular complexity index is 1300. The third kappa shape index (κ3) is 6.29. The summed E-state index contributed by atoms with van der Waals surface area (Å²) in [4.78, 5) is 28.3. The number of aryl methyl sites for hydroxylation is 1. The van der Waals surface area contributed by atoms with E-state index >= 15 is 0 Å². The zero-order valence-corrected chi connectivity index (χ0v) is 22.7. The number of nitrogens with one attached hydrogen (secondary N) is 1. The fraction of sp³-hybridized carbons (Fsp3) is 0.500. The number of alkyl halides is 6. The Morgan fingerprint density at radius 3 is 2.17 bits per heavy atom. The van der Waals surface area contributed by atoms with Crippen molar-refractivity contribution in [2.75, 3.05) is 13.6 Å². The van der Waals surface area contributed by atoms with Crippen LogP contribution in [0.25, 0.3) is 0 Å². The lowest BCUT2D eigenvalue weighted by atomic mass is 9.79. The van der Waals surface area contributed by atoms with Gasteiger partial charge in [-0.1, -0.05) is 6.07 Å². The molecule has 13 heteroatoms. The van der Waals surface area contributed by atoms with E-state index in [1.54, 1.807) is 13.0 Å². The van der Waals surface area contributed by atoms with Crippen molar-refractivity contribution in [2.45, 2.75) is 75.5 Å². The maximum Gasteiger partial charge on any atom is 0.416 e. The van der Waals surface area contributed by atoms with Crippen LogP contribution in [0.4, 0.5) is 35.5 Å². The third-order valence-corrected chi connectivity index (χ3v) is 8.34. The van der Waals surface area contributed by atoms with Gasteiger partial charge in [0.2, 0.25) is 5.91 Å². The Morgan fingerprint density at radius 1 is 1.05 bits per heavy atom. The van der Waals surface area contributed by atoms with Gasteiger partial charge < -0.3 is 20.9 Å². The highest BCUT2D eigenvalue weighted by Crippen LogP contribution is 2.44. The first-order valence-electron chi connectivity index (χ1n) is 13.1. The smallest absolute Gasteiger partial charge is 0.368 e. The predicted molar refractivity (Wildman–Crippen MR) is 136 cm³/mol. The molecular formula is C28H31F7N4O2. The average Bonchev–Trinajstić information content (AvgIpc) is 3.29. The molecule has 3 N–H and O–H groups in total. The molecule has 0 radical (unpaired) electrons. The van der Waals surface area contributed by atoms with Gasteiger partial charge in [-0.05, 0) is 86.6 Å². The second kappa shape index (κ2) is 10.8. The zero-order chi connectivity index (χ0) is 30.5. The molecule has 0 saturated carbocycles. The summed E-state index contributed by atoms with van der Waals surface area (Å²) < 4.78 is 94.7. The van der Waals surface area contributed by atoms with Crippen molar-refractivity contribution in [3.63, 3.8) is 0 Å². The van der Waals surface area contributed by atoms with Crippen molar-refractivity contribution >= 4 is 11.9 Å². The summed E-state index contributed by atoms with van der Waals surface area (Å²) in [5.74, 6) is -0.971. The second-order valence-electron chi connectivity index (χ2n) is 11.0. The molecule has 2 heterocycles. The van der Waals surface area contributed by atoms with E-state index < -0.39 is 64.9 Å². The Labute approximate surface area is 232 Å². The summed E-state index contributed by atoms with van der Waals surface area (Å²) in [6, 6.07) is 2.49. The molecule has 1 spiro atoms. The number of piperidine rings is 1. The lowest BCUT2D eigenvalue weighted by Gasteiger charge is -2.47. The van der Waals surface area contributed by atoms with Crippen molar-refractivity contribution in [2.24, 2.45) is 5.73 Å². The lowest BCUT2D eigenvalue weighted by Crippen LogP contribution is -2.57. The molecule has 2 aromatic carbocycles. The number of halogens is 7. The number of carbonyl (C=O) groups is 2. The number of rotatable bonds is 4. The van der Waals surface area contributed by atoms with Crippen LogP contribution in [-0.4, -0.2) is 46.9 Å². The number of benzene rings is 2. The average molecular weight is 589 g/mol. The highest BCUT2D eigenvalue weighted by molar-refractivity contribution is 5.80. The van der Waals surface area contributed by atoms with Gasteiger partial charge in [0.05, 0.1) is 29.3 Å². The molecule has 224 valence electrons. The van der Waals surface area contributed by atoms with Gasteiger partial charge >= 0.3 is 18.4 Å². The summed E-state index contributed by atoms with van der Waals surface area (Å²) >= 11 is 0. The first-order chi connectivity index (χ1) is 18.9. The van der Waals surface area contributed by atoms with E-state index in [0.29, 0.717) is 48.9 Å². The highest BCUT2D eigenvalue weighted by atomic mass is 19.4. The number of nitrogens with two attached hydrogens (primary N) is 1. The first-order valence-corrected chi connectivity index (χ1v) is 13.1. The molecule has 4 rings (SSSR count). The van der Waals surface area contributed by atoms with Gasteiger partial charge in [0.15, 0.2) is 0 Å². The van der Waals surface area contributed by atoms with Crippen LogP contribution in [0, 0.1) is 12.7 Å². The molecule has 0 bridgehead atoms. The van der Waals surface area contributed by atoms with E-state index in [4.69, 9.17) is 5.73 Å². The number of urea groups is 1. The molecule has 6 nitrogen and oxygen atoms in total. The molecule has 41 heavy (non-hydrogen) atoms. The number of primary amides is 1. The summed E-state index contributed by atoms with van der Waals surface area (Å²) in [7, 11) is 1.32. The van der Waals surface area contributed by atoms with Crippen molar-refractivity contribution in [3.05, 3.63) is 70.0 Å². The molecular weight excluding hydrogens is 557 g/mol. The summed E-state index contributed by atoms with van der Waals surface area (Å²) in [6.45, 7) is 3.21. The first kappa shape index (κ1) is 30.6. The number of likely N-dealkylation sites (tertiary alicyclic amines) is 1. The van der Waals surface area contributed by atoms with Crippen LogP contribution < -0.4 is 11.1 Å². The van der Waals surface area contributed by atoms with Crippen LogP contribution in [-0.2, 0) is 17.1 Å². The predicted octanol–water partition coefficient (Wildman–Crippen LogP) is 6.10. The van der Waals surface area contributed by atoms with Crippen molar-refractivity contribution in [1.82, 2.24) is 15.1 Å². The summed E-state index contributed by atoms with van der Waals surface area (Å²) in [5.41, 5.74) is 2.91. The Kier molecular flexibility index (Phi) is 8.07. The van der Waals surface area contributed by atoms with Gasteiger partial charge in [0.1, 0.15) is 5.82 Å². The van der Waals surface area contributed by atoms with Gasteiger partial charge in [0.25, 0.3) is 0 Å². The topological polar surface area (TPSA) is 78.7 Å². The Morgan fingerprint density at radius 2 is 1.66 bits per heavy atom. The summed E-state index contributed by atoms with van der Waals surface area (Å²) in [5, 5.41) is 3.30. The van der Waals surface area contributed by atoms with E-state index in [1.165, 1.54) is 31.0 Å². The number of hydrogen-bond donors (Lipinski definition) is 2. The molecule has 2 aliphatic heterocycles. The minimum atomic E-state index is -5.03. The van der Waals surface area contributed by atoms with Gasteiger partial charge in [0, 0.05) is 19.1 Å². The minimum Gasteiger partial charge on any atom is -0.368 e. The fourth-order valence-corrected chi connectivity index (χ4v) is 5.91.